The zero-order chi connectivity index (χ0) is 14.5. The van der Waals surface area contributed by atoms with Crippen molar-refractivity contribution in [3.05, 3.63) is 35.4 Å². The van der Waals surface area contributed by atoms with Crippen LogP contribution < -0.4 is 0 Å². The van der Waals surface area contributed by atoms with Crippen molar-refractivity contribution in [2.75, 3.05) is 26.3 Å². The number of hydrogen-bond acceptors (Lipinski definition) is 3. The fourth-order valence-electron chi connectivity index (χ4n) is 2.38. The predicted molar refractivity (Wildman–Crippen MR) is 73.9 cm³/mol. The third kappa shape index (κ3) is 3.36. The summed E-state index contributed by atoms with van der Waals surface area (Å²) in [6.07, 6.45) is 0.957. The molecule has 5 nitrogen and oxygen atoms in total. The van der Waals surface area contributed by atoms with Crippen LogP contribution in [0.5, 0.6) is 0 Å². The number of nitrogens with zero attached hydrogens (tertiary/aromatic N) is 1. The van der Waals surface area contributed by atoms with Gasteiger partial charge in [0.2, 0.25) is 0 Å². The number of benzene rings is 1. The topological polar surface area (TPSA) is 66.8 Å². The number of amides is 1. The van der Waals surface area contributed by atoms with Crippen LogP contribution in [0.25, 0.3) is 0 Å². The highest BCUT2D eigenvalue weighted by Gasteiger charge is 2.26. The second kappa shape index (κ2) is 6.52. The van der Waals surface area contributed by atoms with E-state index < -0.39 is 5.97 Å². The summed E-state index contributed by atoms with van der Waals surface area (Å²) >= 11 is 0. The van der Waals surface area contributed by atoms with Gasteiger partial charge in [-0.3, -0.25) is 4.79 Å². The Kier molecular flexibility index (Phi) is 4.74. The quantitative estimate of drug-likeness (QED) is 0.892. The monoisotopic (exact) mass is 277 g/mol. The minimum absolute atomic E-state index is 0.0408. The second-order valence-electron chi connectivity index (χ2n) is 4.95. The normalized spacial score (nSPS) is 18.2. The number of carbonyl (C=O) groups is 2. The number of ether oxygens (including phenoxy) is 1. The SMILES string of the molecule is CCOC[C@H]1CCN(C(=O)c2ccc(C(=O)O)cc2)C1. The number of hydrogen-bond donors (Lipinski definition) is 1. The minimum atomic E-state index is -0.984. The molecule has 0 aliphatic carbocycles. The third-order valence-corrected chi connectivity index (χ3v) is 3.51. The molecule has 0 bridgehead atoms. The number of likely N-dealkylation sites (tertiary alicyclic amines) is 1. The summed E-state index contributed by atoms with van der Waals surface area (Å²) in [6.45, 7) is 4.79. The molecule has 1 fully saturated rings. The van der Waals surface area contributed by atoms with Gasteiger partial charge in [-0.05, 0) is 37.6 Å². The second-order valence-corrected chi connectivity index (χ2v) is 4.95. The molecule has 1 saturated heterocycles. The van der Waals surface area contributed by atoms with E-state index in [0.29, 0.717) is 31.2 Å². The molecule has 1 atom stereocenters. The Morgan fingerprint density at radius 3 is 2.55 bits per heavy atom. The molecule has 20 heavy (non-hydrogen) atoms. The number of carboxylic acids is 1. The third-order valence-electron chi connectivity index (χ3n) is 3.51. The summed E-state index contributed by atoms with van der Waals surface area (Å²) < 4.78 is 5.39. The zero-order valence-corrected chi connectivity index (χ0v) is 11.5. The summed E-state index contributed by atoms with van der Waals surface area (Å²) in [7, 11) is 0. The van der Waals surface area contributed by atoms with Gasteiger partial charge >= 0.3 is 5.97 Å². The Bertz CT molecular complexity index is 483. The molecule has 1 aromatic carbocycles. The zero-order valence-electron chi connectivity index (χ0n) is 11.5. The van der Waals surface area contributed by atoms with Gasteiger partial charge in [-0.25, -0.2) is 4.79 Å². The average Bonchev–Trinajstić information content (AvgIpc) is 2.93. The predicted octanol–water partition coefficient (Wildman–Crippen LogP) is 1.88. The molecule has 5 heteroatoms. The van der Waals surface area contributed by atoms with E-state index in [4.69, 9.17) is 9.84 Å². The van der Waals surface area contributed by atoms with E-state index in [-0.39, 0.29) is 11.5 Å². The first-order valence-electron chi connectivity index (χ1n) is 6.82. The van der Waals surface area contributed by atoms with E-state index in [0.717, 1.165) is 13.0 Å². The number of carboxylic acid groups (broad SMARTS) is 1. The molecule has 2 rings (SSSR count). The van der Waals surface area contributed by atoms with E-state index in [1.165, 1.54) is 12.1 Å². The first kappa shape index (κ1) is 14.5. The molecule has 0 spiro atoms. The van der Waals surface area contributed by atoms with Crippen LogP contribution in [0, 0.1) is 5.92 Å². The maximum atomic E-state index is 12.3. The van der Waals surface area contributed by atoms with Crippen LogP contribution in [0.3, 0.4) is 0 Å². The van der Waals surface area contributed by atoms with Crippen LogP contribution in [0.2, 0.25) is 0 Å². The van der Waals surface area contributed by atoms with Crippen molar-refractivity contribution in [2.45, 2.75) is 13.3 Å². The van der Waals surface area contributed by atoms with Crippen molar-refractivity contribution in [1.29, 1.82) is 0 Å². The Hall–Kier alpha value is -1.88. The largest absolute Gasteiger partial charge is 0.478 e. The lowest BCUT2D eigenvalue weighted by Gasteiger charge is -2.16. The number of rotatable bonds is 5. The van der Waals surface area contributed by atoms with E-state index >= 15 is 0 Å². The van der Waals surface area contributed by atoms with E-state index in [1.807, 2.05) is 6.92 Å². The fourth-order valence-corrected chi connectivity index (χ4v) is 2.38. The average molecular weight is 277 g/mol. The van der Waals surface area contributed by atoms with Crippen LogP contribution in [0.1, 0.15) is 34.1 Å². The molecule has 0 saturated carbocycles. The van der Waals surface area contributed by atoms with Crippen molar-refractivity contribution in [3.8, 4) is 0 Å². The summed E-state index contributed by atoms with van der Waals surface area (Å²) in [4.78, 5) is 24.9. The Morgan fingerprint density at radius 1 is 1.30 bits per heavy atom. The Labute approximate surface area is 118 Å². The Balaban J connectivity index is 1.96. The van der Waals surface area contributed by atoms with Gasteiger partial charge in [0.1, 0.15) is 0 Å². The summed E-state index contributed by atoms with van der Waals surface area (Å²) in [5.74, 6) is -0.625. The van der Waals surface area contributed by atoms with Crippen LogP contribution >= 0.6 is 0 Å². The molecule has 1 N–H and O–H groups in total. The number of carbonyl (C=O) groups excluding carboxylic acids is 1. The number of aromatic carboxylic acids is 1. The summed E-state index contributed by atoms with van der Waals surface area (Å²) in [5.41, 5.74) is 0.726. The maximum absolute atomic E-state index is 12.3. The molecule has 1 amide bonds. The molecule has 1 aliphatic rings. The van der Waals surface area contributed by atoms with Crippen LogP contribution in [-0.4, -0.2) is 48.2 Å². The van der Waals surface area contributed by atoms with Crippen molar-refractivity contribution >= 4 is 11.9 Å². The van der Waals surface area contributed by atoms with Gasteiger partial charge in [-0.1, -0.05) is 0 Å². The fraction of sp³-hybridized carbons (Fsp3) is 0.467. The van der Waals surface area contributed by atoms with Gasteiger partial charge in [0.15, 0.2) is 0 Å². The highest BCUT2D eigenvalue weighted by molar-refractivity contribution is 5.96. The van der Waals surface area contributed by atoms with Gasteiger partial charge < -0.3 is 14.7 Å². The maximum Gasteiger partial charge on any atom is 0.335 e. The molecule has 1 heterocycles. The van der Waals surface area contributed by atoms with E-state index in [9.17, 15) is 9.59 Å². The Morgan fingerprint density at radius 2 is 1.95 bits per heavy atom. The van der Waals surface area contributed by atoms with Gasteiger partial charge in [-0.2, -0.15) is 0 Å². The summed E-state index contributed by atoms with van der Waals surface area (Å²) in [5, 5.41) is 8.83. The van der Waals surface area contributed by atoms with Crippen molar-refractivity contribution < 1.29 is 19.4 Å². The summed E-state index contributed by atoms with van der Waals surface area (Å²) in [6, 6.07) is 6.07. The minimum Gasteiger partial charge on any atom is -0.478 e. The molecule has 1 aromatic rings. The molecular formula is C15H19NO4. The van der Waals surface area contributed by atoms with Gasteiger partial charge in [0, 0.05) is 31.2 Å². The standard InChI is InChI=1S/C15H19NO4/c1-2-20-10-11-7-8-16(9-11)14(17)12-3-5-13(6-4-12)15(18)19/h3-6,11H,2,7-10H2,1H3,(H,18,19)/t11-/m0/s1. The smallest absolute Gasteiger partial charge is 0.335 e. The van der Waals surface area contributed by atoms with Crippen molar-refractivity contribution in [3.63, 3.8) is 0 Å². The first-order valence-corrected chi connectivity index (χ1v) is 6.82. The van der Waals surface area contributed by atoms with Gasteiger partial charge in [0.25, 0.3) is 5.91 Å². The molecular weight excluding hydrogens is 258 g/mol. The van der Waals surface area contributed by atoms with Gasteiger partial charge in [0.05, 0.1) is 12.2 Å². The highest BCUT2D eigenvalue weighted by atomic mass is 16.5. The van der Waals surface area contributed by atoms with Crippen molar-refractivity contribution in [1.82, 2.24) is 4.90 Å². The van der Waals surface area contributed by atoms with Crippen molar-refractivity contribution in [2.24, 2.45) is 5.92 Å². The lowest BCUT2D eigenvalue weighted by atomic mass is 10.1. The van der Waals surface area contributed by atoms with Crippen LogP contribution in [0.15, 0.2) is 24.3 Å². The first-order chi connectivity index (χ1) is 9.61. The molecule has 0 unspecified atom stereocenters. The van der Waals surface area contributed by atoms with Gasteiger partial charge in [-0.15, -0.1) is 0 Å². The lowest BCUT2D eigenvalue weighted by Crippen LogP contribution is -2.29. The van der Waals surface area contributed by atoms with E-state index in [2.05, 4.69) is 0 Å². The highest BCUT2D eigenvalue weighted by Crippen LogP contribution is 2.19. The molecule has 0 aromatic heterocycles. The molecule has 108 valence electrons. The van der Waals surface area contributed by atoms with Crippen LogP contribution in [-0.2, 0) is 4.74 Å². The molecule has 0 radical (unpaired) electrons. The van der Waals surface area contributed by atoms with Crippen LogP contribution in [0.4, 0.5) is 0 Å². The lowest BCUT2D eigenvalue weighted by molar-refractivity contribution is 0.0694. The van der Waals surface area contributed by atoms with E-state index in [1.54, 1.807) is 17.0 Å². The molecule has 1 aliphatic heterocycles.